The zero-order chi connectivity index (χ0) is 13.7. The average Bonchev–Trinajstić information content (AvgIpc) is 2.35. The summed E-state index contributed by atoms with van der Waals surface area (Å²) in [5.41, 5.74) is 2.64. The van der Waals surface area contributed by atoms with Crippen LogP contribution < -0.4 is 5.32 Å². The summed E-state index contributed by atoms with van der Waals surface area (Å²) >= 11 is 0. The fourth-order valence-corrected chi connectivity index (χ4v) is 1.82. The number of aliphatic hydroxyl groups excluding tert-OH is 1. The fraction of sp³-hybridized carbons (Fsp3) is 0.625. The number of nitrogens with one attached hydrogen (secondary N) is 1. The molecule has 0 aliphatic carbocycles. The Morgan fingerprint density at radius 3 is 1.89 bits per heavy atom. The van der Waals surface area contributed by atoms with Crippen LogP contribution in [0.15, 0.2) is 24.3 Å². The first-order chi connectivity index (χ1) is 8.41. The molecule has 0 heterocycles. The van der Waals surface area contributed by atoms with Gasteiger partial charge in [0.05, 0.1) is 6.10 Å². The molecule has 0 spiro atoms. The number of hydrogen-bond donors (Lipinski definition) is 2. The second kappa shape index (κ2) is 6.91. The van der Waals surface area contributed by atoms with Crippen molar-refractivity contribution in [2.75, 3.05) is 6.54 Å². The van der Waals surface area contributed by atoms with Crippen LogP contribution in [0, 0.1) is 5.92 Å². The number of aliphatic hydroxyl groups is 1. The van der Waals surface area contributed by atoms with Crippen molar-refractivity contribution in [3.63, 3.8) is 0 Å². The molecule has 1 aromatic rings. The van der Waals surface area contributed by atoms with Crippen molar-refractivity contribution in [3.05, 3.63) is 35.4 Å². The minimum absolute atomic E-state index is 0.276. The van der Waals surface area contributed by atoms with Crippen LogP contribution in [0.3, 0.4) is 0 Å². The van der Waals surface area contributed by atoms with Gasteiger partial charge in [-0.1, -0.05) is 52.0 Å². The minimum atomic E-state index is -0.276. The zero-order valence-electron chi connectivity index (χ0n) is 12.3. The molecule has 0 saturated heterocycles. The Hall–Kier alpha value is -0.860. The van der Waals surface area contributed by atoms with Gasteiger partial charge in [-0.25, -0.2) is 0 Å². The predicted molar refractivity (Wildman–Crippen MR) is 77.8 cm³/mol. The molecule has 0 aliphatic heterocycles. The summed E-state index contributed by atoms with van der Waals surface area (Å²) in [4.78, 5) is 0. The van der Waals surface area contributed by atoms with E-state index in [-0.39, 0.29) is 12.1 Å². The van der Waals surface area contributed by atoms with Gasteiger partial charge in [-0.05, 0) is 29.9 Å². The van der Waals surface area contributed by atoms with E-state index in [1.54, 1.807) is 0 Å². The lowest BCUT2D eigenvalue weighted by molar-refractivity contribution is 0.120. The summed E-state index contributed by atoms with van der Waals surface area (Å²) in [6.45, 7) is 11.3. The van der Waals surface area contributed by atoms with E-state index in [2.05, 4.69) is 50.4 Å². The second-order valence-corrected chi connectivity index (χ2v) is 5.76. The summed E-state index contributed by atoms with van der Waals surface area (Å²) in [5.74, 6) is 0.873. The van der Waals surface area contributed by atoms with Crippen LogP contribution in [-0.2, 0) is 0 Å². The second-order valence-electron chi connectivity index (χ2n) is 5.76. The summed E-state index contributed by atoms with van der Waals surface area (Å²) < 4.78 is 0. The largest absolute Gasteiger partial charge is 0.392 e. The Balaban J connectivity index is 2.54. The maximum atomic E-state index is 9.78. The summed E-state index contributed by atoms with van der Waals surface area (Å²) in [5, 5.41) is 13.2. The maximum Gasteiger partial charge on any atom is 0.0687 e. The van der Waals surface area contributed by atoms with Gasteiger partial charge in [0.15, 0.2) is 0 Å². The summed E-state index contributed by atoms with van der Waals surface area (Å²) in [6.07, 6.45) is -0.276. The van der Waals surface area contributed by atoms with Gasteiger partial charge in [-0.3, -0.25) is 0 Å². The number of hydrogen-bond acceptors (Lipinski definition) is 2. The van der Waals surface area contributed by atoms with E-state index in [1.807, 2.05) is 13.8 Å². The first kappa shape index (κ1) is 15.2. The van der Waals surface area contributed by atoms with E-state index in [4.69, 9.17) is 0 Å². The van der Waals surface area contributed by atoms with Crippen molar-refractivity contribution in [2.24, 2.45) is 5.92 Å². The van der Waals surface area contributed by atoms with Gasteiger partial charge in [0.1, 0.15) is 0 Å². The Kier molecular flexibility index (Phi) is 5.83. The number of benzene rings is 1. The highest BCUT2D eigenvalue weighted by Crippen LogP contribution is 2.18. The standard InChI is InChI=1S/C16H27NO/c1-11(2)14-6-8-15(9-7-14)13(5)17-10-16(18)12(3)4/h6-9,11-13,16-18H,10H2,1-5H3. The highest BCUT2D eigenvalue weighted by atomic mass is 16.3. The van der Waals surface area contributed by atoms with Crippen LogP contribution in [0.4, 0.5) is 0 Å². The molecule has 0 bridgehead atoms. The Morgan fingerprint density at radius 1 is 0.944 bits per heavy atom. The molecule has 2 unspecified atom stereocenters. The Morgan fingerprint density at radius 2 is 1.44 bits per heavy atom. The maximum absolute atomic E-state index is 9.78. The highest BCUT2D eigenvalue weighted by molar-refractivity contribution is 5.26. The van der Waals surface area contributed by atoms with Crippen LogP contribution >= 0.6 is 0 Å². The molecule has 0 aromatic heterocycles. The summed E-state index contributed by atoms with van der Waals surface area (Å²) in [6, 6.07) is 9.01. The molecule has 102 valence electrons. The topological polar surface area (TPSA) is 32.3 Å². The SMILES string of the molecule is CC(C)c1ccc(C(C)NCC(O)C(C)C)cc1. The molecule has 2 N–H and O–H groups in total. The van der Waals surface area contributed by atoms with Gasteiger partial charge in [-0.15, -0.1) is 0 Å². The average molecular weight is 249 g/mol. The van der Waals surface area contributed by atoms with E-state index in [0.29, 0.717) is 18.4 Å². The third kappa shape index (κ3) is 4.43. The van der Waals surface area contributed by atoms with Gasteiger partial charge < -0.3 is 10.4 Å². The zero-order valence-corrected chi connectivity index (χ0v) is 12.3. The number of rotatable bonds is 6. The molecule has 2 atom stereocenters. The lowest BCUT2D eigenvalue weighted by atomic mass is 9.99. The predicted octanol–water partition coefficient (Wildman–Crippen LogP) is 3.48. The molecule has 0 fully saturated rings. The van der Waals surface area contributed by atoms with Crippen molar-refractivity contribution < 1.29 is 5.11 Å². The van der Waals surface area contributed by atoms with E-state index in [0.717, 1.165) is 0 Å². The van der Waals surface area contributed by atoms with Crippen molar-refractivity contribution in [1.82, 2.24) is 5.32 Å². The van der Waals surface area contributed by atoms with Crippen LogP contribution in [0.1, 0.15) is 57.7 Å². The van der Waals surface area contributed by atoms with Crippen molar-refractivity contribution in [2.45, 2.75) is 52.7 Å². The third-order valence-electron chi connectivity index (χ3n) is 3.51. The van der Waals surface area contributed by atoms with E-state index < -0.39 is 0 Å². The molecule has 18 heavy (non-hydrogen) atoms. The fourth-order valence-electron chi connectivity index (χ4n) is 1.82. The third-order valence-corrected chi connectivity index (χ3v) is 3.51. The van der Waals surface area contributed by atoms with Gasteiger partial charge in [0.2, 0.25) is 0 Å². The molecule has 0 radical (unpaired) electrons. The molecule has 2 heteroatoms. The molecule has 2 nitrogen and oxygen atoms in total. The summed E-state index contributed by atoms with van der Waals surface area (Å²) in [7, 11) is 0. The molecular weight excluding hydrogens is 222 g/mol. The first-order valence-corrected chi connectivity index (χ1v) is 6.93. The van der Waals surface area contributed by atoms with Gasteiger partial charge in [0.25, 0.3) is 0 Å². The molecule has 1 rings (SSSR count). The minimum Gasteiger partial charge on any atom is -0.392 e. The molecule has 1 aromatic carbocycles. The normalized spacial score (nSPS) is 15.1. The molecule has 0 saturated carbocycles. The molecule has 0 amide bonds. The Bertz CT molecular complexity index is 343. The molecule has 0 aliphatic rings. The highest BCUT2D eigenvalue weighted by Gasteiger charge is 2.11. The quantitative estimate of drug-likeness (QED) is 0.809. The monoisotopic (exact) mass is 249 g/mol. The van der Waals surface area contributed by atoms with Crippen molar-refractivity contribution in [3.8, 4) is 0 Å². The van der Waals surface area contributed by atoms with Crippen LogP contribution in [0.25, 0.3) is 0 Å². The van der Waals surface area contributed by atoms with Gasteiger partial charge in [0, 0.05) is 12.6 Å². The van der Waals surface area contributed by atoms with Gasteiger partial charge in [-0.2, -0.15) is 0 Å². The van der Waals surface area contributed by atoms with E-state index >= 15 is 0 Å². The van der Waals surface area contributed by atoms with Gasteiger partial charge >= 0.3 is 0 Å². The smallest absolute Gasteiger partial charge is 0.0687 e. The first-order valence-electron chi connectivity index (χ1n) is 6.93. The van der Waals surface area contributed by atoms with Crippen molar-refractivity contribution >= 4 is 0 Å². The van der Waals surface area contributed by atoms with Crippen molar-refractivity contribution in [1.29, 1.82) is 0 Å². The van der Waals surface area contributed by atoms with Crippen LogP contribution in [0.5, 0.6) is 0 Å². The molecular formula is C16H27NO. The lowest BCUT2D eigenvalue weighted by Gasteiger charge is -2.20. The Labute approximate surface area is 111 Å². The van der Waals surface area contributed by atoms with Crippen LogP contribution in [-0.4, -0.2) is 17.8 Å². The van der Waals surface area contributed by atoms with E-state index in [9.17, 15) is 5.11 Å². The van der Waals surface area contributed by atoms with Crippen LogP contribution in [0.2, 0.25) is 0 Å². The van der Waals surface area contributed by atoms with E-state index in [1.165, 1.54) is 11.1 Å². The lowest BCUT2D eigenvalue weighted by Crippen LogP contribution is -2.32.